The van der Waals surface area contributed by atoms with Crippen LogP contribution in [0.2, 0.25) is 0 Å². The molecule has 0 unspecified atom stereocenters. The summed E-state index contributed by atoms with van der Waals surface area (Å²) in [5.74, 6) is 1.23. The lowest BCUT2D eigenvalue weighted by atomic mass is 10.3. The van der Waals surface area contributed by atoms with E-state index in [1.54, 1.807) is 0 Å². The molecule has 2 nitrogen and oxygen atoms in total. The quantitative estimate of drug-likeness (QED) is 0.684. The van der Waals surface area contributed by atoms with Crippen molar-refractivity contribution in [1.29, 1.82) is 0 Å². The SMILES string of the molecule is CSCCN(C)CCNCCc1cccs1. The predicted molar refractivity (Wildman–Crippen MR) is 76.8 cm³/mol. The van der Waals surface area contributed by atoms with E-state index in [9.17, 15) is 0 Å². The van der Waals surface area contributed by atoms with Crippen LogP contribution in [0.3, 0.4) is 0 Å². The van der Waals surface area contributed by atoms with Crippen LogP contribution in [0.5, 0.6) is 0 Å². The van der Waals surface area contributed by atoms with Crippen LogP contribution < -0.4 is 5.32 Å². The zero-order valence-corrected chi connectivity index (χ0v) is 11.9. The third kappa shape index (κ3) is 6.53. The fourth-order valence-electron chi connectivity index (χ4n) is 1.42. The van der Waals surface area contributed by atoms with Gasteiger partial charge in [0.1, 0.15) is 0 Å². The number of hydrogen-bond donors (Lipinski definition) is 1. The number of hydrogen-bond acceptors (Lipinski definition) is 4. The molecule has 16 heavy (non-hydrogen) atoms. The Morgan fingerprint density at radius 2 is 2.25 bits per heavy atom. The Morgan fingerprint density at radius 1 is 1.38 bits per heavy atom. The Hall–Kier alpha value is -0.0300. The molecule has 1 heterocycles. The van der Waals surface area contributed by atoms with Crippen LogP contribution in [0.25, 0.3) is 0 Å². The smallest absolute Gasteiger partial charge is 0.0104 e. The highest BCUT2D eigenvalue weighted by Crippen LogP contribution is 2.07. The Kier molecular flexibility index (Phi) is 7.93. The Morgan fingerprint density at radius 3 is 2.94 bits per heavy atom. The van der Waals surface area contributed by atoms with Crippen LogP contribution in [0.15, 0.2) is 17.5 Å². The minimum atomic E-state index is 1.09. The molecule has 0 aromatic carbocycles. The molecule has 0 aliphatic heterocycles. The van der Waals surface area contributed by atoms with Gasteiger partial charge >= 0.3 is 0 Å². The van der Waals surface area contributed by atoms with Crippen molar-refractivity contribution in [3.8, 4) is 0 Å². The van der Waals surface area contributed by atoms with Gasteiger partial charge in [-0.1, -0.05) is 6.07 Å². The predicted octanol–water partition coefficient (Wildman–Crippen LogP) is 2.17. The molecule has 0 atom stereocenters. The monoisotopic (exact) mass is 258 g/mol. The lowest BCUT2D eigenvalue weighted by molar-refractivity contribution is 0.352. The Labute approximate surface area is 107 Å². The summed E-state index contributed by atoms with van der Waals surface area (Å²) in [6, 6.07) is 4.33. The molecule has 0 saturated heterocycles. The summed E-state index contributed by atoms with van der Waals surface area (Å²) < 4.78 is 0. The van der Waals surface area contributed by atoms with Gasteiger partial charge in [0.05, 0.1) is 0 Å². The van der Waals surface area contributed by atoms with Gasteiger partial charge in [-0.05, 0) is 31.2 Å². The molecule has 4 heteroatoms. The first-order valence-corrected chi connectivity index (χ1v) is 8.01. The van der Waals surface area contributed by atoms with Crippen molar-refractivity contribution in [2.75, 3.05) is 45.2 Å². The number of nitrogens with zero attached hydrogens (tertiary/aromatic N) is 1. The summed E-state index contributed by atoms with van der Waals surface area (Å²) in [7, 11) is 2.19. The fourth-order valence-corrected chi connectivity index (χ4v) is 2.62. The van der Waals surface area contributed by atoms with Crippen LogP contribution in [-0.4, -0.2) is 50.1 Å². The Bertz CT molecular complexity index is 250. The van der Waals surface area contributed by atoms with Crippen LogP contribution >= 0.6 is 23.1 Å². The topological polar surface area (TPSA) is 15.3 Å². The number of rotatable bonds is 9. The molecule has 0 radical (unpaired) electrons. The van der Waals surface area contributed by atoms with Crippen molar-refractivity contribution in [2.45, 2.75) is 6.42 Å². The molecular formula is C12H22N2S2. The molecule has 0 amide bonds. The largest absolute Gasteiger partial charge is 0.315 e. The molecule has 0 aliphatic rings. The second-order valence-corrected chi connectivity index (χ2v) is 5.89. The van der Waals surface area contributed by atoms with E-state index in [2.05, 4.69) is 41.0 Å². The molecule has 0 fully saturated rings. The van der Waals surface area contributed by atoms with E-state index in [1.807, 2.05) is 23.1 Å². The first kappa shape index (κ1) is 14.0. The van der Waals surface area contributed by atoms with Crippen LogP contribution in [0.1, 0.15) is 4.88 Å². The maximum Gasteiger partial charge on any atom is 0.0104 e. The van der Waals surface area contributed by atoms with E-state index >= 15 is 0 Å². The van der Waals surface area contributed by atoms with Crippen molar-refractivity contribution in [3.63, 3.8) is 0 Å². The number of likely N-dealkylation sites (N-methyl/N-ethyl adjacent to an activating group) is 1. The number of thioether (sulfide) groups is 1. The van der Waals surface area contributed by atoms with Gasteiger partial charge in [-0.25, -0.2) is 0 Å². The minimum Gasteiger partial charge on any atom is -0.315 e. The van der Waals surface area contributed by atoms with E-state index in [1.165, 1.54) is 17.2 Å². The van der Waals surface area contributed by atoms with Gasteiger partial charge in [-0.3, -0.25) is 0 Å². The van der Waals surface area contributed by atoms with Crippen LogP contribution in [0.4, 0.5) is 0 Å². The summed E-state index contributed by atoms with van der Waals surface area (Å²) in [5.41, 5.74) is 0. The van der Waals surface area contributed by atoms with Crippen molar-refractivity contribution in [2.24, 2.45) is 0 Å². The molecule has 1 N–H and O–H groups in total. The maximum atomic E-state index is 3.49. The normalized spacial score (nSPS) is 11.2. The lowest BCUT2D eigenvalue weighted by Gasteiger charge is -2.15. The van der Waals surface area contributed by atoms with E-state index in [4.69, 9.17) is 0 Å². The van der Waals surface area contributed by atoms with Crippen molar-refractivity contribution < 1.29 is 0 Å². The Balaban J connectivity index is 1.91. The number of thiophene rings is 1. The summed E-state index contributed by atoms with van der Waals surface area (Å²) >= 11 is 3.76. The number of nitrogens with one attached hydrogen (secondary N) is 1. The minimum absolute atomic E-state index is 1.09. The highest BCUT2D eigenvalue weighted by Gasteiger charge is 1.97. The van der Waals surface area contributed by atoms with Gasteiger partial charge in [0.2, 0.25) is 0 Å². The van der Waals surface area contributed by atoms with E-state index in [0.29, 0.717) is 0 Å². The van der Waals surface area contributed by atoms with Gasteiger partial charge in [0.15, 0.2) is 0 Å². The van der Waals surface area contributed by atoms with Gasteiger partial charge in [0, 0.05) is 36.8 Å². The second kappa shape index (κ2) is 9.05. The lowest BCUT2D eigenvalue weighted by Crippen LogP contribution is -2.31. The molecule has 0 bridgehead atoms. The van der Waals surface area contributed by atoms with E-state index < -0.39 is 0 Å². The average molecular weight is 258 g/mol. The first-order chi connectivity index (χ1) is 7.83. The molecular weight excluding hydrogens is 236 g/mol. The molecule has 1 rings (SSSR count). The van der Waals surface area contributed by atoms with Crippen molar-refractivity contribution in [1.82, 2.24) is 10.2 Å². The zero-order valence-electron chi connectivity index (χ0n) is 10.2. The third-order valence-electron chi connectivity index (χ3n) is 2.48. The second-order valence-electron chi connectivity index (χ2n) is 3.88. The molecule has 92 valence electrons. The highest BCUT2D eigenvalue weighted by atomic mass is 32.2. The van der Waals surface area contributed by atoms with E-state index in [0.717, 1.165) is 26.1 Å². The molecule has 0 saturated carbocycles. The van der Waals surface area contributed by atoms with Gasteiger partial charge < -0.3 is 10.2 Å². The van der Waals surface area contributed by atoms with Crippen molar-refractivity contribution >= 4 is 23.1 Å². The third-order valence-corrected chi connectivity index (χ3v) is 4.00. The van der Waals surface area contributed by atoms with Gasteiger partial charge in [0.25, 0.3) is 0 Å². The van der Waals surface area contributed by atoms with Crippen LogP contribution in [0, 0.1) is 0 Å². The maximum absolute atomic E-state index is 3.49. The zero-order chi connectivity index (χ0) is 11.6. The van der Waals surface area contributed by atoms with Gasteiger partial charge in [-0.15, -0.1) is 11.3 Å². The van der Waals surface area contributed by atoms with Crippen LogP contribution in [-0.2, 0) is 6.42 Å². The van der Waals surface area contributed by atoms with E-state index in [-0.39, 0.29) is 0 Å². The summed E-state index contributed by atoms with van der Waals surface area (Å²) in [6.07, 6.45) is 3.32. The summed E-state index contributed by atoms with van der Waals surface area (Å²) in [5, 5.41) is 5.63. The first-order valence-electron chi connectivity index (χ1n) is 5.73. The molecule has 0 spiro atoms. The molecule has 0 aliphatic carbocycles. The fraction of sp³-hybridized carbons (Fsp3) is 0.667. The molecule has 1 aromatic rings. The summed E-state index contributed by atoms with van der Waals surface area (Å²) in [6.45, 7) is 4.52. The average Bonchev–Trinajstić information content (AvgIpc) is 2.79. The summed E-state index contributed by atoms with van der Waals surface area (Å²) in [4.78, 5) is 3.86. The van der Waals surface area contributed by atoms with Crippen molar-refractivity contribution in [3.05, 3.63) is 22.4 Å². The highest BCUT2D eigenvalue weighted by molar-refractivity contribution is 7.98. The molecule has 1 aromatic heterocycles. The van der Waals surface area contributed by atoms with Gasteiger partial charge in [-0.2, -0.15) is 11.8 Å². The standard InChI is InChI=1S/C12H22N2S2/c1-14(9-11-15-2)8-7-13-6-5-12-4-3-10-16-12/h3-4,10,13H,5-9,11H2,1-2H3.